The fourth-order valence-corrected chi connectivity index (χ4v) is 5.77. The van der Waals surface area contributed by atoms with Crippen molar-refractivity contribution in [2.75, 3.05) is 36.1 Å². The van der Waals surface area contributed by atoms with Crippen molar-refractivity contribution in [2.45, 2.75) is 19.4 Å². The number of hydrogen-bond donors (Lipinski definition) is 1. The Balaban J connectivity index is 1.40. The monoisotopic (exact) mass is 523 g/mol. The second-order valence-electron chi connectivity index (χ2n) is 9.00. The first kappa shape index (κ1) is 24.5. The molecular weight excluding hydrogens is 498 g/mol. The Bertz CT molecular complexity index is 1300. The smallest absolute Gasteiger partial charge is 0.261 e. The molecule has 186 valence electrons. The van der Waals surface area contributed by atoms with Gasteiger partial charge in [-0.05, 0) is 54.8 Å². The molecule has 2 atom stereocenters. The van der Waals surface area contributed by atoms with Crippen molar-refractivity contribution in [1.29, 1.82) is 0 Å². The minimum atomic E-state index is -0.410. The molecule has 7 nitrogen and oxygen atoms in total. The lowest BCUT2D eigenvalue weighted by molar-refractivity contribution is -0.125. The highest BCUT2D eigenvalue weighted by Crippen LogP contribution is 2.32. The fraction of sp³-hybridized carbons (Fsp3) is 0.296. The van der Waals surface area contributed by atoms with E-state index in [9.17, 15) is 14.4 Å². The van der Waals surface area contributed by atoms with Gasteiger partial charge in [0.1, 0.15) is 6.61 Å². The zero-order chi connectivity index (χ0) is 25.2. The predicted octanol–water partition coefficient (Wildman–Crippen LogP) is 4.08. The van der Waals surface area contributed by atoms with Crippen molar-refractivity contribution in [3.05, 3.63) is 81.0 Å². The third-order valence-electron chi connectivity index (χ3n) is 6.63. The second kappa shape index (κ2) is 10.4. The molecule has 3 aromatic rings. The van der Waals surface area contributed by atoms with Crippen molar-refractivity contribution < 1.29 is 19.1 Å². The van der Waals surface area contributed by atoms with E-state index in [0.717, 1.165) is 22.5 Å². The van der Waals surface area contributed by atoms with Crippen LogP contribution in [-0.4, -0.2) is 50.1 Å². The average molecular weight is 524 g/mol. The standard InChI is InChI=1S/C27H26ClN3O4S/c1-17-13-19(7-8-22(17)30-11-12-35-16-25(30)32)31-15-21(29-26(33)23-9-10-24(28)36-23)20(27(31)34)14-18-5-3-2-4-6-18/h2-10,13,20-21H,11-12,14-16H2,1H3,(H,29,33)/t20-,21?/m1/s1. The molecule has 2 aromatic carbocycles. The van der Waals surface area contributed by atoms with Gasteiger partial charge in [-0.3, -0.25) is 14.4 Å². The summed E-state index contributed by atoms with van der Waals surface area (Å²) in [5.74, 6) is -0.758. The largest absolute Gasteiger partial charge is 0.370 e. The van der Waals surface area contributed by atoms with Crippen LogP contribution in [0.3, 0.4) is 0 Å². The van der Waals surface area contributed by atoms with Crippen LogP contribution in [-0.2, 0) is 20.7 Å². The molecule has 0 spiro atoms. The van der Waals surface area contributed by atoms with Gasteiger partial charge in [0.25, 0.3) is 11.8 Å². The Morgan fingerprint density at radius 1 is 1.11 bits per heavy atom. The Morgan fingerprint density at radius 3 is 2.61 bits per heavy atom. The number of aryl methyl sites for hydroxylation is 1. The number of ether oxygens (including phenoxy) is 1. The summed E-state index contributed by atoms with van der Waals surface area (Å²) in [6.07, 6.45) is 0.520. The number of amides is 3. The van der Waals surface area contributed by atoms with E-state index >= 15 is 0 Å². The SMILES string of the molecule is Cc1cc(N2CC(NC(=O)c3ccc(Cl)s3)[C@@H](Cc3ccccc3)C2=O)ccc1N1CCOCC1=O. The maximum atomic E-state index is 13.7. The van der Waals surface area contributed by atoms with Gasteiger partial charge in [-0.25, -0.2) is 0 Å². The molecule has 2 saturated heterocycles. The van der Waals surface area contributed by atoms with Crippen LogP contribution < -0.4 is 15.1 Å². The quantitative estimate of drug-likeness (QED) is 0.528. The Hall–Kier alpha value is -3.20. The number of anilines is 2. The molecule has 1 aromatic heterocycles. The lowest BCUT2D eigenvalue weighted by Crippen LogP contribution is -2.42. The molecule has 9 heteroatoms. The van der Waals surface area contributed by atoms with Crippen molar-refractivity contribution in [3.63, 3.8) is 0 Å². The van der Waals surface area contributed by atoms with Crippen LogP contribution >= 0.6 is 22.9 Å². The number of carbonyl (C=O) groups is 3. The first-order valence-corrected chi connectivity index (χ1v) is 13.0. The van der Waals surface area contributed by atoms with Crippen molar-refractivity contribution >= 4 is 52.0 Å². The van der Waals surface area contributed by atoms with Crippen LogP contribution in [0.4, 0.5) is 11.4 Å². The summed E-state index contributed by atoms with van der Waals surface area (Å²) in [6.45, 7) is 3.36. The third-order valence-corrected chi connectivity index (χ3v) is 7.86. The number of nitrogens with one attached hydrogen (secondary N) is 1. The molecule has 36 heavy (non-hydrogen) atoms. The summed E-state index contributed by atoms with van der Waals surface area (Å²) in [6, 6.07) is 18.5. The van der Waals surface area contributed by atoms with E-state index in [1.54, 1.807) is 21.9 Å². The number of hydrogen-bond acceptors (Lipinski definition) is 5. The number of thiophene rings is 1. The van der Waals surface area contributed by atoms with Gasteiger partial charge in [0.05, 0.1) is 27.8 Å². The van der Waals surface area contributed by atoms with Gasteiger partial charge in [-0.2, -0.15) is 0 Å². The molecule has 2 aliphatic rings. The van der Waals surface area contributed by atoms with Gasteiger partial charge in [0.2, 0.25) is 5.91 Å². The van der Waals surface area contributed by atoms with E-state index in [-0.39, 0.29) is 30.4 Å². The van der Waals surface area contributed by atoms with Gasteiger partial charge >= 0.3 is 0 Å². The highest BCUT2D eigenvalue weighted by Gasteiger charge is 2.42. The van der Waals surface area contributed by atoms with Gasteiger partial charge in [-0.1, -0.05) is 41.9 Å². The normalized spacial score (nSPS) is 20.2. The molecule has 0 aliphatic carbocycles. The molecule has 0 bridgehead atoms. The molecular formula is C27H26ClN3O4S. The van der Waals surface area contributed by atoms with E-state index in [0.29, 0.717) is 35.3 Å². The fourth-order valence-electron chi connectivity index (χ4n) is 4.82. The van der Waals surface area contributed by atoms with Gasteiger partial charge < -0.3 is 19.9 Å². The van der Waals surface area contributed by atoms with Crippen molar-refractivity contribution in [3.8, 4) is 0 Å². The summed E-state index contributed by atoms with van der Waals surface area (Å²) < 4.78 is 5.79. The second-order valence-corrected chi connectivity index (χ2v) is 10.7. The molecule has 2 fully saturated rings. The molecule has 1 N–H and O–H groups in total. The molecule has 3 amide bonds. The first-order chi connectivity index (χ1) is 17.4. The van der Waals surface area contributed by atoms with E-state index in [4.69, 9.17) is 16.3 Å². The number of carbonyl (C=O) groups excluding carboxylic acids is 3. The van der Waals surface area contributed by atoms with E-state index < -0.39 is 5.92 Å². The lowest BCUT2D eigenvalue weighted by atomic mass is 9.94. The maximum absolute atomic E-state index is 13.7. The number of nitrogens with zero attached hydrogens (tertiary/aromatic N) is 2. The minimum absolute atomic E-state index is 0.0389. The van der Waals surface area contributed by atoms with Gasteiger partial charge in [0.15, 0.2) is 0 Å². The van der Waals surface area contributed by atoms with Crippen LogP contribution in [0.5, 0.6) is 0 Å². The van der Waals surface area contributed by atoms with Gasteiger partial charge in [0, 0.05) is 24.5 Å². The minimum Gasteiger partial charge on any atom is -0.370 e. The number of halogens is 1. The number of morpholine rings is 1. The summed E-state index contributed by atoms with van der Waals surface area (Å²) in [5, 5.41) is 3.08. The van der Waals surface area contributed by atoms with Gasteiger partial charge in [-0.15, -0.1) is 11.3 Å². The highest BCUT2D eigenvalue weighted by molar-refractivity contribution is 7.18. The summed E-state index contributed by atoms with van der Waals surface area (Å²) in [4.78, 5) is 42.9. The first-order valence-electron chi connectivity index (χ1n) is 11.8. The lowest BCUT2D eigenvalue weighted by Gasteiger charge is -2.29. The summed E-state index contributed by atoms with van der Waals surface area (Å²) in [5.41, 5.74) is 3.50. The van der Waals surface area contributed by atoms with E-state index in [1.165, 1.54) is 11.3 Å². The Labute approximate surface area is 218 Å². The van der Waals surface area contributed by atoms with Crippen molar-refractivity contribution in [1.82, 2.24) is 5.32 Å². The molecule has 0 saturated carbocycles. The summed E-state index contributed by atoms with van der Waals surface area (Å²) in [7, 11) is 0. The van der Waals surface area contributed by atoms with E-state index in [1.807, 2.05) is 55.5 Å². The molecule has 2 aliphatic heterocycles. The number of benzene rings is 2. The van der Waals surface area contributed by atoms with Crippen LogP contribution in [0.1, 0.15) is 20.8 Å². The predicted molar refractivity (Wildman–Crippen MR) is 141 cm³/mol. The van der Waals surface area contributed by atoms with Crippen LogP contribution in [0.25, 0.3) is 0 Å². The average Bonchev–Trinajstić information content (AvgIpc) is 3.44. The molecule has 3 heterocycles. The molecule has 1 unspecified atom stereocenters. The highest BCUT2D eigenvalue weighted by atomic mass is 35.5. The Kier molecular flexibility index (Phi) is 7.09. The van der Waals surface area contributed by atoms with E-state index in [2.05, 4.69) is 5.32 Å². The zero-order valence-corrected chi connectivity index (χ0v) is 21.3. The Morgan fingerprint density at radius 2 is 1.92 bits per heavy atom. The topological polar surface area (TPSA) is 79.0 Å². The van der Waals surface area contributed by atoms with Crippen molar-refractivity contribution in [2.24, 2.45) is 5.92 Å². The molecule has 5 rings (SSSR count). The molecule has 0 radical (unpaired) electrons. The van der Waals surface area contributed by atoms with Crippen LogP contribution in [0, 0.1) is 12.8 Å². The zero-order valence-electron chi connectivity index (χ0n) is 19.8. The maximum Gasteiger partial charge on any atom is 0.261 e. The van der Waals surface area contributed by atoms with Crippen LogP contribution in [0.2, 0.25) is 4.34 Å². The number of rotatable bonds is 6. The third kappa shape index (κ3) is 5.02. The van der Waals surface area contributed by atoms with Crippen LogP contribution in [0.15, 0.2) is 60.7 Å². The summed E-state index contributed by atoms with van der Waals surface area (Å²) >= 11 is 7.23.